The molecule has 0 fully saturated rings. The predicted molar refractivity (Wildman–Crippen MR) is 21.2 cm³/mol. The molecule has 0 heterocycles. The summed E-state index contributed by atoms with van der Waals surface area (Å²) in [5.41, 5.74) is 0. The molecular weight excluding hydrogens is 236 g/mol. The average molecular weight is 236 g/mol. The van der Waals surface area contributed by atoms with E-state index in [2.05, 4.69) is 0 Å². The smallest absolute Gasteiger partial charge is 0.652 e. The average Bonchev–Trinajstić information content (AvgIpc) is 1.63. The molecule has 0 rings (SSSR count). The third-order valence-electron chi connectivity index (χ3n) is 0.167. The number of carbonyl (C=O) groups is 3. The van der Waals surface area contributed by atoms with Crippen LogP contribution in [0.25, 0.3) is 0 Å². The van der Waals surface area contributed by atoms with Gasteiger partial charge in [-0.15, -0.1) is 0 Å². The molecule has 0 aromatic heterocycles. The first-order valence-corrected chi connectivity index (χ1v) is 1.68. The molecule has 67 valence electrons. The van der Waals surface area contributed by atoms with E-state index in [1.165, 1.54) is 0 Å². The van der Waals surface area contributed by atoms with E-state index in [4.69, 9.17) is 34.8 Å². The quantitative estimate of drug-likeness (QED) is 0.300. The number of rotatable bonds is 0. The molecule has 7 nitrogen and oxygen atoms in total. The second-order valence-electron chi connectivity index (χ2n) is 0.825. The SMILES string of the molecule is O=C([O-])C(=O)[O-].O=C([O-])[O-].[Cu+2].[Mg+2]. The van der Waals surface area contributed by atoms with Crippen molar-refractivity contribution in [3.05, 3.63) is 0 Å². The second kappa shape index (κ2) is 13.1. The molecule has 0 spiro atoms. The van der Waals surface area contributed by atoms with Crippen LogP contribution >= 0.6 is 0 Å². The number of hydrogen-bond acceptors (Lipinski definition) is 7. The summed E-state index contributed by atoms with van der Waals surface area (Å²) < 4.78 is 0. The van der Waals surface area contributed by atoms with Gasteiger partial charge < -0.3 is 34.8 Å². The van der Waals surface area contributed by atoms with Gasteiger partial charge in [-0.3, -0.25) is 0 Å². The van der Waals surface area contributed by atoms with Crippen molar-refractivity contribution >= 4 is 41.1 Å². The van der Waals surface area contributed by atoms with Crippen LogP contribution in [-0.2, 0) is 26.7 Å². The molecule has 0 unspecified atom stereocenters. The van der Waals surface area contributed by atoms with E-state index in [-0.39, 0.29) is 40.1 Å². The summed E-state index contributed by atoms with van der Waals surface area (Å²) in [5, 5.41) is 34.5. The Morgan fingerprint density at radius 3 is 0.833 bits per heavy atom. The molecular formula is C3CuMgO7. The van der Waals surface area contributed by atoms with E-state index < -0.39 is 18.1 Å². The molecule has 0 saturated heterocycles. The zero-order valence-electron chi connectivity index (χ0n) is 5.37. The molecule has 9 heteroatoms. The minimum absolute atomic E-state index is 0. The van der Waals surface area contributed by atoms with Crippen molar-refractivity contribution in [1.29, 1.82) is 0 Å². The van der Waals surface area contributed by atoms with Crippen LogP contribution in [0.1, 0.15) is 0 Å². The van der Waals surface area contributed by atoms with E-state index in [1.54, 1.807) is 0 Å². The maximum absolute atomic E-state index is 8.93. The number of carboxylic acid groups (broad SMARTS) is 4. The van der Waals surface area contributed by atoms with Crippen LogP contribution < -0.4 is 20.4 Å². The van der Waals surface area contributed by atoms with Gasteiger partial charge in [0.15, 0.2) is 0 Å². The fourth-order valence-corrected chi connectivity index (χ4v) is 0. The summed E-state index contributed by atoms with van der Waals surface area (Å²) >= 11 is 0. The van der Waals surface area contributed by atoms with E-state index in [1.807, 2.05) is 0 Å². The maximum atomic E-state index is 8.93. The summed E-state index contributed by atoms with van der Waals surface area (Å²) in [6, 6.07) is 0. The van der Waals surface area contributed by atoms with Gasteiger partial charge in [0.25, 0.3) is 0 Å². The van der Waals surface area contributed by atoms with Crippen LogP contribution in [0, 0.1) is 0 Å². The Balaban J connectivity index is -0.0000000483. The third-order valence-corrected chi connectivity index (χ3v) is 0.167. The van der Waals surface area contributed by atoms with Crippen LogP contribution in [0.4, 0.5) is 4.79 Å². The molecule has 0 N–H and O–H groups in total. The van der Waals surface area contributed by atoms with Crippen molar-refractivity contribution in [2.45, 2.75) is 0 Å². The fraction of sp³-hybridized carbons (Fsp3) is 0. The summed E-state index contributed by atoms with van der Waals surface area (Å²) in [5.74, 6) is -4.37. The zero-order valence-corrected chi connectivity index (χ0v) is 7.72. The first-order chi connectivity index (χ1) is 4.37. The Morgan fingerprint density at radius 1 is 0.750 bits per heavy atom. The van der Waals surface area contributed by atoms with Gasteiger partial charge in [0.1, 0.15) is 0 Å². The van der Waals surface area contributed by atoms with Gasteiger partial charge in [0.2, 0.25) is 0 Å². The number of hydrogen-bond donors (Lipinski definition) is 0. The molecule has 12 heavy (non-hydrogen) atoms. The number of aliphatic carboxylic acids is 2. The molecule has 0 aliphatic carbocycles. The zero-order chi connectivity index (χ0) is 8.73. The minimum Gasteiger partial charge on any atom is -0.652 e. The Kier molecular flexibility index (Phi) is 24.6. The standard InChI is InChI=1S/C2H2O4.CH2O3.Cu.Mg/c3-1(4)2(5)6;2-1(3)4;;/h(H,3,4)(H,5,6);(H2,2,3,4);;/q;;2*+2/p-4. The van der Waals surface area contributed by atoms with E-state index >= 15 is 0 Å². The van der Waals surface area contributed by atoms with Crippen LogP contribution in [0.2, 0.25) is 0 Å². The van der Waals surface area contributed by atoms with Gasteiger partial charge in [-0.2, -0.15) is 0 Å². The molecule has 0 bridgehead atoms. The van der Waals surface area contributed by atoms with Crippen molar-refractivity contribution < 1.29 is 51.9 Å². The molecule has 0 amide bonds. The van der Waals surface area contributed by atoms with Crippen LogP contribution in [-0.4, -0.2) is 41.1 Å². The Morgan fingerprint density at radius 2 is 0.833 bits per heavy atom. The van der Waals surface area contributed by atoms with Crippen LogP contribution in [0.15, 0.2) is 0 Å². The Bertz CT molecular complexity index is 141. The van der Waals surface area contributed by atoms with Crippen molar-refractivity contribution in [2.24, 2.45) is 0 Å². The van der Waals surface area contributed by atoms with Gasteiger partial charge in [0.05, 0.1) is 11.9 Å². The summed E-state index contributed by atoms with van der Waals surface area (Å²) in [4.78, 5) is 26.2. The minimum atomic E-state index is -2.33. The van der Waals surface area contributed by atoms with Gasteiger partial charge in [-0.1, -0.05) is 0 Å². The Hall–Kier alpha value is -0.504. The number of carboxylic acids is 2. The predicted octanol–water partition coefficient (Wildman–Crippen LogP) is -6.34. The van der Waals surface area contributed by atoms with E-state index in [9.17, 15) is 0 Å². The van der Waals surface area contributed by atoms with Crippen molar-refractivity contribution in [2.75, 3.05) is 0 Å². The van der Waals surface area contributed by atoms with Crippen molar-refractivity contribution in [1.82, 2.24) is 0 Å². The summed E-state index contributed by atoms with van der Waals surface area (Å²) in [7, 11) is 0. The second-order valence-corrected chi connectivity index (χ2v) is 0.825. The third kappa shape index (κ3) is 56.1. The first-order valence-electron chi connectivity index (χ1n) is 1.68. The topological polar surface area (TPSA) is 143 Å². The van der Waals surface area contributed by atoms with E-state index in [0.717, 1.165) is 0 Å². The monoisotopic (exact) mass is 235 g/mol. The van der Waals surface area contributed by atoms with Gasteiger partial charge in [-0.05, 0) is 6.16 Å². The first kappa shape index (κ1) is 22.5. The van der Waals surface area contributed by atoms with Crippen LogP contribution in [0.3, 0.4) is 0 Å². The fourth-order valence-electron chi connectivity index (χ4n) is 0. The van der Waals surface area contributed by atoms with E-state index in [0.29, 0.717) is 0 Å². The van der Waals surface area contributed by atoms with Gasteiger partial charge in [0, 0.05) is 0 Å². The Labute approximate surface area is 93.0 Å². The van der Waals surface area contributed by atoms with Crippen LogP contribution in [0.5, 0.6) is 0 Å². The molecule has 0 aromatic rings. The molecule has 0 atom stereocenters. The normalized spacial score (nSPS) is 5.67. The van der Waals surface area contributed by atoms with Gasteiger partial charge >= 0.3 is 40.1 Å². The molecule has 1 radical (unpaired) electrons. The van der Waals surface area contributed by atoms with Crippen molar-refractivity contribution in [3.8, 4) is 0 Å². The maximum Gasteiger partial charge on any atom is 2.00 e. The number of carbonyl (C=O) groups excluding carboxylic acids is 3. The van der Waals surface area contributed by atoms with Crippen molar-refractivity contribution in [3.63, 3.8) is 0 Å². The molecule has 0 aliphatic rings. The van der Waals surface area contributed by atoms with Gasteiger partial charge in [-0.25, -0.2) is 0 Å². The molecule has 0 aromatic carbocycles. The summed E-state index contributed by atoms with van der Waals surface area (Å²) in [6.07, 6.45) is -2.33. The molecule has 0 saturated carbocycles. The summed E-state index contributed by atoms with van der Waals surface area (Å²) in [6.45, 7) is 0. The largest absolute Gasteiger partial charge is 2.00 e. The molecule has 0 aliphatic heterocycles.